The fourth-order valence-electron chi connectivity index (χ4n) is 0.868. The van der Waals surface area contributed by atoms with Gasteiger partial charge in [-0.05, 0) is 26.2 Å². The highest BCUT2D eigenvalue weighted by atomic mass is 15.1. The molecule has 0 amide bonds. The van der Waals surface area contributed by atoms with Gasteiger partial charge in [-0.3, -0.25) is 9.98 Å². The second-order valence-corrected chi connectivity index (χ2v) is 3.09. The largest absolute Gasteiger partial charge is 0.308 e. The Balaban J connectivity index is 2.33. The summed E-state index contributed by atoms with van der Waals surface area (Å²) >= 11 is 0. The molecule has 0 atom stereocenters. The Hall–Kier alpha value is -1.22. The third kappa shape index (κ3) is 4.38. The second-order valence-electron chi connectivity index (χ2n) is 3.09. The normalized spacial score (nSPS) is 11.3. The molecule has 0 bridgehead atoms. The number of likely N-dealkylation sites (N-methyl/N-ethyl adjacent to an activating group) is 1. The molecule has 0 aromatic carbocycles. The van der Waals surface area contributed by atoms with E-state index in [0.717, 1.165) is 18.8 Å². The van der Waals surface area contributed by atoms with Crippen LogP contribution in [-0.4, -0.2) is 43.3 Å². The molecule has 0 N–H and O–H groups in total. The van der Waals surface area contributed by atoms with Crippen LogP contribution >= 0.6 is 0 Å². The minimum Gasteiger partial charge on any atom is -0.308 e. The molecular weight excluding hydrogens is 162 g/mol. The highest BCUT2D eigenvalue weighted by molar-refractivity contribution is 5.76. The van der Waals surface area contributed by atoms with Crippen molar-refractivity contribution in [3.8, 4) is 0 Å². The van der Waals surface area contributed by atoms with E-state index in [4.69, 9.17) is 0 Å². The van der Waals surface area contributed by atoms with Gasteiger partial charge in [-0.2, -0.15) is 0 Å². The first kappa shape index (κ1) is 9.86. The van der Waals surface area contributed by atoms with Crippen molar-refractivity contribution in [2.75, 3.05) is 27.2 Å². The number of hydrogen-bond acceptors (Lipinski definition) is 3. The highest BCUT2D eigenvalue weighted by Gasteiger charge is 1.87. The first-order chi connectivity index (χ1) is 6.29. The van der Waals surface area contributed by atoms with E-state index in [1.54, 1.807) is 6.20 Å². The van der Waals surface area contributed by atoms with E-state index < -0.39 is 0 Å². The van der Waals surface area contributed by atoms with Gasteiger partial charge in [0.2, 0.25) is 0 Å². The quantitative estimate of drug-likeness (QED) is 0.643. The fourth-order valence-corrected chi connectivity index (χ4v) is 0.868. The minimum atomic E-state index is 0.823. The standard InChI is InChI=1S/C10H15N3/c1-13(2)8-7-11-9-10-5-3-4-6-12-10/h3-6,9H,7-8H2,1-2H3. The van der Waals surface area contributed by atoms with Crippen LogP contribution in [0.4, 0.5) is 0 Å². The van der Waals surface area contributed by atoms with Gasteiger partial charge in [-0.25, -0.2) is 0 Å². The lowest BCUT2D eigenvalue weighted by Gasteiger charge is -2.04. The SMILES string of the molecule is CN(C)CCN=Cc1ccccn1. The zero-order chi connectivity index (χ0) is 9.52. The monoisotopic (exact) mass is 177 g/mol. The summed E-state index contributed by atoms with van der Waals surface area (Å²) in [5.74, 6) is 0. The van der Waals surface area contributed by atoms with Gasteiger partial charge in [-0.15, -0.1) is 0 Å². The third-order valence-electron chi connectivity index (χ3n) is 1.59. The van der Waals surface area contributed by atoms with Crippen LogP contribution in [0.15, 0.2) is 29.4 Å². The average Bonchev–Trinajstić information content (AvgIpc) is 2.14. The van der Waals surface area contributed by atoms with Gasteiger partial charge in [0.15, 0.2) is 0 Å². The molecule has 0 aliphatic rings. The van der Waals surface area contributed by atoms with Crippen molar-refractivity contribution in [1.82, 2.24) is 9.88 Å². The number of nitrogens with zero attached hydrogens (tertiary/aromatic N) is 3. The first-order valence-corrected chi connectivity index (χ1v) is 4.34. The van der Waals surface area contributed by atoms with Crippen molar-refractivity contribution in [2.45, 2.75) is 0 Å². The lowest BCUT2D eigenvalue weighted by atomic mass is 10.4. The summed E-state index contributed by atoms with van der Waals surface area (Å²) < 4.78 is 0. The summed E-state index contributed by atoms with van der Waals surface area (Å²) in [6.07, 6.45) is 3.58. The maximum atomic E-state index is 4.25. The van der Waals surface area contributed by atoms with E-state index >= 15 is 0 Å². The van der Waals surface area contributed by atoms with Gasteiger partial charge < -0.3 is 4.90 Å². The van der Waals surface area contributed by atoms with Gasteiger partial charge in [-0.1, -0.05) is 6.07 Å². The van der Waals surface area contributed by atoms with Crippen molar-refractivity contribution in [3.05, 3.63) is 30.1 Å². The highest BCUT2D eigenvalue weighted by Crippen LogP contribution is 1.88. The number of rotatable bonds is 4. The Morgan fingerprint density at radius 1 is 1.46 bits per heavy atom. The molecule has 0 unspecified atom stereocenters. The third-order valence-corrected chi connectivity index (χ3v) is 1.59. The number of hydrogen-bond donors (Lipinski definition) is 0. The molecular formula is C10H15N3. The Morgan fingerprint density at radius 3 is 2.92 bits per heavy atom. The van der Waals surface area contributed by atoms with E-state index in [9.17, 15) is 0 Å². The molecule has 1 heterocycles. The van der Waals surface area contributed by atoms with E-state index in [2.05, 4.69) is 14.9 Å². The van der Waals surface area contributed by atoms with Crippen molar-refractivity contribution >= 4 is 6.21 Å². The van der Waals surface area contributed by atoms with Crippen LogP contribution in [0.2, 0.25) is 0 Å². The molecule has 3 nitrogen and oxygen atoms in total. The zero-order valence-corrected chi connectivity index (χ0v) is 8.14. The zero-order valence-electron chi connectivity index (χ0n) is 8.14. The van der Waals surface area contributed by atoms with Crippen molar-refractivity contribution < 1.29 is 0 Å². The molecule has 13 heavy (non-hydrogen) atoms. The van der Waals surface area contributed by atoms with Crippen molar-refractivity contribution in [2.24, 2.45) is 4.99 Å². The minimum absolute atomic E-state index is 0.823. The van der Waals surface area contributed by atoms with Crippen LogP contribution in [-0.2, 0) is 0 Å². The summed E-state index contributed by atoms with van der Waals surface area (Å²) in [4.78, 5) is 10.5. The van der Waals surface area contributed by atoms with Crippen molar-refractivity contribution in [1.29, 1.82) is 0 Å². The molecule has 1 aromatic rings. The molecule has 70 valence electrons. The summed E-state index contributed by atoms with van der Waals surface area (Å²) in [5, 5.41) is 0. The number of pyridine rings is 1. The fraction of sp³-hybridized carbons (Fsp3) is 0.400. The smallest absolute Gasteiger partial charge is 0.0807 e. The Morgan fingerprint density at radius 2 is 2.31 bits per heavy atom. The summed E-state index contributed by atoms with van der Waals surface area (Å²) in [6, 6.07) is 5.80. The number of aliphatic imine (C=N–C) groups is 1. The van der Waals surface area contributed by atoms with E-state index in [1.165, 1.54) is 0 Å². The van der Waals surface area contributed by atoms with Gasteiger partial charge in [0.25, 0.3) is 0 Å². The van der Waals surface area contributed by atoms with E-state index in [-0.39, 0.29) is 0 Å². The first-order valence-electron chi connectivity index (χ1n) is 4.34. The molecule has 0 aliphatic carbocycles. The maximum Gasteiger partial charge on any atom is 0.0807 e. The van der Waals surface area contributed by atoms with Crippen LogP contribution in [0.3, 0.4) is 0 Å². The molecule has 1 rings (SSSR count). The molecule has 0 fully saturated rings. The predicted molar refractivity (Wildman–Crippen MR) is 55.3 cm³/mol. The number of aromatic nitrogens is 1. The van der Waals surface area contributed by atoms with E-state index in [0.29, 0.717) is 0 Å². The summed E-state index contributed by atoms with van der Waals surface area (Å²) in [5.41, 5.74) is 0.918. The van der Waals surface area contributed by atoms with E-state index in [1.807, 2.05) is 38.5 Å². The van der Waals surface area contributed by atoms with Crippen LogP contribution in [0.5, 0.6) is 0 Å². The maximum absolute atomic E-state index is 4.25. The summed E-state index contributed by atoms with van der Waals surface area (Å²) in [6.45, 7) is 1.80. The molecule has 1 aromatic heterocycles. The Labute approximate surface area is 79.1 Å². The lowest BCUT2D eigenvalue weighted by Crippen LogP contribution is -2.15. The average molecular weight is 177 g/mol. The molecule has 0 saturated carbocycles. The second kappa shape index (κ2) is 5.43. The van der Waals surface area contributed by atoms with Crippen LogP contribution in [0, 0.1) is 0 Å². The van der Waals surface area contributed by atoms with Crippen LogP contribution < -0.4 is 0 Å². The van der Waals surface area contributed by atoms with Crippen molar-refractivity contribution in [3.63, 3.8) is 0 Å². The molecule has 0 saturated heterocycles. The Bertz CT molecular complexity index is 254. The molecule has 0 radical (unpaired) electrons. The topological polar surface area (TPSA) is 28.5 Å². The van der Waals surface area contributed by atoms with Gasteiger partial charge >= 0.3 is 0 Å². The van der Waals surface area contributed by atoms with Gasteiger partial charge in [0.05, 0.1) is 12.2 Å². The molecule has 0 aliphatic heterocycles. The Kier molecular flexibility index (Phi) is 4.12. The summed E-state index contributed by atoms with van der Waals surface area (Å²) in [7, 11) is 4.08. The molecule has 0 spiro atoms. The van der Waals surface area contributed by atoms with Crippen LogP contribution in [0.1, 0.15) is 5.69 Å². The predicted octanol–water partition coefficient (Wildman–Crippen LogP) is 1.06. The van der Waals surface area contributed by atoms with Gasteiger partial charge in [0, 0.05) is 19.0 Å². The molecule has 3 heteroatoms. The van der Waals surface area contributed by atoms with Gasteiger partial charge in [0.1, 0.15) is 0 Å². The van der Waals surface area contributed by atoms with Crippen LogP contribution in [0.25, 0.3) is 0 Å². The lowest BCUT2D eigenvalue weighted by molar-refractivity contribution is 0.421.